The normalized spacial score (nSPS) is 9.25. The summed E-state index contributed by atoms with van der Waals surface area (Å²) in [6.45, 7) is 1.66. The lowest BCUT2D eigenvalue weighted by Gasteiger charge is -2.00. The summed E-state index contributed by atoms with van der Waals surface area (Å²) in [5, 5.41) is 22.4. The fourth-order valence-electron chi connectivity index (χ4n) is 1.45. The first kappa shape index (κ1) is 15.2. The van der Waals surface area contributed by atoms with Crippen molar-refractivity contribution in [3.63, 3.8) is 0 Å². The maximum atomic E-state index is 11.0. The Balaban J connectivity index is 3.03. The molecule has 0 aliphatic rings. The summed E-state index contributed by atoms with van der Waals surface area (Å²) in [6, 6.07) is 3.75. The Kier molecular flexibility index (Phi) is 5.23. The molecule has 7 nitrogen and oxygen atoms in total. The minimum atomic E-state index is -1.28. The molecular weight excluding hydrogens is 264 g/mol. The van der Waals surface area contributed by atoms with Gasteiger partial charge in [0.05, 0.1) is 10.5 Å². The van der Waals surface area contributed by atoms with Gasteiger partial charge in [-0.05, 0) is 6.07 Å². The van der Waals surface area contributed by atoms with Crippen LogP contribution in [-0.4, -0.2) is 28.5 Å². The van der Waals surface area contributed by atoms with Gasteiger partial charge in [0.25, 0.3) is 5.69 Å². The first-order chi connectivity index (χ1) is 9.43. The molecule has 104 valence electrons. The Labute approximate surface area is 114 Å². The number of aromatic carboxylic acids is 1. The number of carbonyl (C=O) groups excluding carboxylic acids is 1. The second-order valence-electron chi connectivity index (χ2n) is 3.80. The second-order valence-corrected chi connectivity index (χ2v) is 3.80. The number of nitrogens with zero attached hydrogens (tertiary/aromatic N) is 1. The van der Waals surface area contributed by atoms with Crippen LogP contribution < -0.4 is 5.32 Å². The SMILES string of the molecule is CC(=O)NCCC#Cc1c(C(=O)O)cccc1[N+](=O)[O-]. The second kappa shape index (κ2) is 6.89. The zero-order chi connectivity index (χ0) is 15.1. The molecule has 0 radical (unpaired) electrons. The van der Waals surface area contributed by atoms with Crippen LogP contribution in [0.2, 0.25) is 0 Å². The van der Waals surface area contributed by atoms with Gasteiger partial charge in [-0.1, -0.05) is 17.9 Å². The van der Waals surface area contributed by atoms with Gasteiger partial charge in [-0.25, -0.2) is 4.79 Å². The monoisotopic (exact) mass is 276 g/mol. The molecule has 1 amide bonds. The molecule has 0 saturated heterocycles. The number of carboxylic acids is 1. The highest BCUT2D eigenvalue weighted by molar-refractivity contribution is 5.92. The van der Waals surface area contributed by atoms with E-state index in [9.17, 15) is 19.7 Å². The van der Waals surface area contributed by atoms with E-state index in [1.54, 1.807) is 0 Å². The van der Waals surface area contributed by atoms with Crippen LogP contribution in [-0.2, 0) is 4.79 Å². The van der Waals surface area contributed by atoms with Crippen LogP contribution in [0.4, 0.5) is 5.69 Å². The summed E-state index contributed by atoms with van der Waals surface area (Å²) in [7, 11) is 0. The van der Waals surface area contributed by atoms with Gasteiger partial charge in [0.1, 0.15) is 5.56 Å². The van der Waals surface area contributed by atoms with E-state index in [1.807, 2.05) is 0 Å². The van der Waals surface area contributed by atoms with E-state index in [0.717, 1.165) is 0 Å². The van der Waals surface area contributed by atoms with E-state index in [4.69, 9.17) is 5.11 Å². The van der Waals surface area contributed by atoms with Gasteiger partial charge in [0.15, 0.2) is 0 Å². The molecule has 1 aromatic carbocycles. The highest BCUT2D eigenvalue weighted by atomic mass is 16.6. The third-order valence-electron chi connectivity index (χ3n) is 2.31. The molecule has 0 aliphatic carbocycles. The number of nitrogens with one attached hydrogen (secondary N) is 1. The van der Waals surface area contributed by atoms with Crippen molar-refractivity contribution >= 4 is 17.6 Å². The average Bonchev–Trinajstić information content (AvgIpc) is 2.37. The molecule has 0 aliphatic heterocycles. The van der Waals surface area contributed by atoms with E-state index in [2.05, 4.69) is 17.2 Å². The molecule has 0 saturated carbocycles. The maximum Gasteiger partial charge on any atom is 0.337 e. The largest absolute Gasteiger partial charge is 0.478 e. The van der Waals surface area contributed by atoms with Gasteiger partial charge < -0.3 is 10.4 Å². The first-order valence-electron chi connectivity index (χ1n) is 5.67. The summed E-state index contributed by atoms with van der Waals surface area (Å²) >= 11 is 0. The molecule has 0 heterocycles. The lowest BCUT2D eigenvalue weighted by Crippen LogP contribution is -2.20. The number of nitro benzene ring substituents is 1. The molecule has 2 N–H and O–H groups in total. The highest BCUT2D eigenvalue weighted by Crippen LogP contribution is 2.21. The van der Waals surface area contributed by atoms with Crippen molar-refractivity contribution in [1.82, 2.24) is 5.32 Å². The van der Waals surface area contributed by atoms with Crippen molar-refractivity contribution in [2.45, 2.75) is 13.3 Å². The van der Waals surface area contributed by atoms with Crippen LogP contribution in [0.25, 0.3) is 0 Å². The third-order valence-corrected chi connectivity index (χ3v) is 2.31. The average molecular weight is 276 g/mol. The Hall–Kier alpha value is -2.88. The highest BCUT2D eigenvalue weighted by Gasteiger charge is 2.19. The molecule has 20 heavy (non-hydrogen) atoms. The van der Waals surface area contributed by atoms with Crippen molar-refractivity contribution in [2.75, 3.05) is 6.54 Å². The molecule has 0 spiro atoms. The maximum absolute atomic E-state index is 11.0. The van der Waals surface area contributed by atoms with Crippen LogP contribution in [0.15, 0.2) is 18.2 Å². The molecule has 1 rings (SSSR count). The van der Waals surface area contributed by atoms with Gasteiger partial charge in [0.2, 0.25) is 5.91 Å². The Bertz CT molecular complexity index is 581. The van der Waals surface area contributed by atoms with Crippen molar-refractivity contribution in [1.29, 1.82) is 0 Å². The zero-order valence-electron chi connectivity index (χ0n) is 10.7. The van der Waals surface area contributed by atoms with E-state index in [1.165, 1.54) is 25.1 Å². The van der Waals surface area contributed by atoms with Crippen molar-refractivity contribution in [3.05, 3.63) is 39.4 Å². The number of carboxylic acid groups (broad SMARTS) is 1. The number of hydrogen-bond donors (Lipinski definition) is 2. The van der Waals surface area contributed by atoms with Crippen LogP contribution in [0.1, 0.15) is 29.3 Å². The minimum absolute atomic E-state index is 0.132. The fourth-order valence-corrected chi connectivity index (χ4v) is 1.45. The molecule has 0 atom stereocenters. The molecule has 7 heteroatoms. The van der Waals surface area contributed by atoms with Gasteiger partial charge in [-0.3, -0.25) is 14.9 Å². The molecular formula is C13H12N2O5. The van der Waals surface area contributed by atoms with Crippen LogP contribution in [0, 0.1) is 22.0 Å². The topological polar surface area (TPSA) is 110 Å². The molecule has 0 unspecified atom stereocenters. The van der Waals surface area contributed by atoms with E-state index in [0.29, 0.717) is 6.54 Å². The van der Waals surface area contributed by atoms with E-state index < -0.39 is 10.9 Å². The molecule has 0 aromatic heterocycles. The Morgan fingerprint density at radius 3 is 2.70 bits per heavy atom. The number of rotatable bonds is 4. The number of carbonyl (C=O) groups is 2. The summed E-state index contributed by atoms with van der Waals surface area (Å²) < 4.78 is 0. The third kappa shape index (κ3) is 4.10. The number of amides is 1. The van der Waals surface area contributed by atoms with Crippen molar-refractivity contribution < 1.29 is 19.6 Å². The lowest BCUT2D eigenvalue weighted by atomic mass is 10.1. The number of benzene rings is 1. The van der Waals surface area contributed by atoms with Gasteiger partial charge in [-0.15, -0.1) is 0 Å². The lowest BCUT2D eigenvalue weighted by molar-refractivity contribution is -0.385. The van der Waals surface area contributed by atoms with Crippen molar-refractivity contribution in [3.8, 4) is 11.8 Å². The Morgan fingerprint density at radius 1 is 1.45 bits per heavy atom. The minimum Gasteiger partial charge on any atom is -0.478 e. The number of nitro groups is 1. The van der Waals surface area contributed by atoms with Gasteiger partial charge in [0, 0.05) is 26.0 Å². The summed E-state index contributed by atoms with van der Waals surface area (Å²) in [5.41, 5.74) is -0.698. The van der Waals surface area contributed by atoms with E-state index in [-0.39, 0.29) is 29.1 Å². The summed E-state index contributed by atoms with van der Waals surface area (Å²) in [4.78, 5) is 31.9. The standard InChI is InChI=1S/C13H12N2O5/c1-9(16)14-8-3-2-5-10-11(13(17)18)6-4-7-12(10)15(19)20/h4,6-7H,3,8H2,1H3,(H,14,16)(H,17,18). The summed E-state index contributed by atoms with van der Waals surface area (Å²) in [6.07, 6.45) is 0.269. The van der Waals surface area contributed by atoms with Crippen LogP contribution >= 0.6 is 0 Å². The molecule has 0 fully saturated rings. The number of hydrogen-bond acceptors (Lipinski definition) is 4. The summed E-state index contributed by atoms with van der Waals surface area (Å²) in [5.74, 6) is 3.63. The fraction of sp³-hybridized carbons (Fsp3) is 0.231. The quantitative estimate of drug-likeness (QED) is 0.371. The zero-order valence-corrected chi connectivity index (χ0v) is 10.7. The van der Waals surface area contributed by atoms with Crippen LogP contribution in [0.5, 0.6) is 0 Å². The van der Waals surface area contributed by atoms with Crippen LogP contribution in [0.3, 0.4) is 0 Å². The predicted molar refractivity (Wildman–Crippen MR) is 70.2 cm³/mol. The molecule has 0 bridgehead atoms. The van der Waals surface area contributed by atoms with Gasteiger partial charge in [-0.2, -0.15) is 0 Å². The predicted octanol–water partition coefficient (Wildman–Crippen LogP) is 1.17. The van der Waals surface area contributed by atoms with Crippen molar-refractivity contribution in [2.24, 2.45) is 0 Å². The molecule has 1 aromatic rings. The van der Waals surface area contributed by atoms with Gasteiger partial charge >= 0.3 is 5.97 Å². The Morgan fingerprint density at radius 2 is 2.15 bits per heavy atom. The first-order valence-corrected chi connectivity index (χ1v) is 5.67. The smallest absolute Gasteiger partial charge is 0.337 e. The van der Waals surface area contributed by atoms with E-state index >= 15 is 0 Å².